The molecule has 0 saturated carbocycles. The number of imidazole rings is 1. The molecule has 0 aromatic carbocycles. The van der Waals surface area contributed by atoms with E-state index in [2.05, 4.69) is 21.9 Å². The zero-order chi connectivity index (χ0) is 12.7. The van der Waals surface area contributed by atoms with Crippen molar-refractivity contribution in [1.29, 1.82) is 0 Å². The number of ether oxygens (including phenoxy) is 1. The summed E-state index contributed by atoms with van der Waals surface area (Å²) in [7, 11) is 0. The van der Waals surface area contributed by atoms with Gasteiger partial charge in [0.25, 0.3) is 0 Å². The Labute approximate surface area is 104 Å². The number of rotatable bonds is 2. The van der Waals surface area contributed by atoms with Gasteiger partial charge in [-0.2, -0.15) is 0 Å². The minimum Gasteiger partial charge on any atom is -0.394 e. The highest BCUT2D eigenvalue weighted by Crippen LogP contribution is 2.35. The molecule has 0 radical (unpaired) electrons. The van der Waals surface area contributed by atoms with Crippen LogP contribution in [0.2, 0.25) is 0 Å². The maximum atomic E-state index is 9.16. The van der Waals surface area contributed by atoms with Crippen LogP contribution >= 0.6 is 0 Å². The standard InChI is InChI=1S/C11H15N5O2/c1-6-2-7(3-17)18-11(6)16-5-15-8-9(12)13-4-14-10(8)16/h4-7,11,17H,2-3H2,1H3,(H2,12,13,14)/t6-,7+,11+/m1/s1. The van der Waals surface area contributed by atoms with Gasteiger partial charge in [-0.05, 0) is 6.42 Å². The summed E-state index contributed by atoms with van der Waals surface area (Å²) < 4.78 is 7.64. The molecule has 3 heterocycles. The summed E-state index contributed by atoms with van der Waals surface area (Å²) in [6.07, 6.45) is 3.61. The van der Waals surface area contributed by atoms with Crippen LogP contribution in [0.3, 0.4) is 0 Å². The lowest BCUT2D eigenvalue weighted by atomic mass is 10.1. The van der Waals surface area contributed by atoms with Gasteiger partial charge in [0.05, 0.1) is 19.0 Å². The Morgan fingerprint density at radius 1 is 1.50 bits per heavy atom. The predicted molar refractivity (Wildman–Crippen MR) is 64.5 cm³/mol. The average Bonchev–Trinajstić information content (AvgIpc) is 2.93. The molecule has 1 fully saturated rings. The lowest BCUT2D eigenvalue weighted by molar-refractivity contribution is -0.0294. The zero-order valence-corrected chi connectivity index (χ0v) is 10.0. The fourth-order valence-corrected chi connectivity index (χ4v) is 2.43. The average molecular weight is 249 g/mol. The Kier molecular flexibility index (Phi) is 2.64. The number of nitrogens with zero attached hydrogens (tertiary/aromatic N) is 4. The van der Waals surface area contributed by atoms with Gasteiger partial charge >= 0.3 is 0 Å². The molecule has 3 atom stereocenters. The van der Waals surface area contributed by atoms with E-state index in [1.165, 1.54) is 6.33 Å². The zero-order valence-electron chi connectivity index (χ0n) is 10.0. The van der Waals surface area contributed by atoms with Crippen LogP contribution in [0, 0.1) is 5.92 Å². The maximum Gasteiger partial charge on any atom is 0.167 e. The molecule has 2 aromatic heterocycles. The van der Waals surface area contributed by atoms with Gasteiger partial charge in [0.1, 0.15) is 18.1 Å². The molecular weight excluding hydrogens is 234 g/mol. The van der Waals surface area contributed by atoms with Crippen molar-refractivity contribution >= 4 is 17.0 Å². The van der Waals surface area contributed by atoms with Gasteiger partial charge in [-0.3, -0.25) is 4.57 Å². The predicted octanol–water partition coefficient (Wildman–Crippen LogP) is 0.324. The summed E-state index contributed by atoms with van der Waals surface area (Å²) >= 11 is 0. The van der Waals surface area contributed by atoms with Crippen LogP contribution in [-0.2, 0) is 4.74 Å². The summed E-state index contributed by atoms with van der Waals surface area (Å²) in [5.41, 5.74) is 7.00. The van der Waals surface area contributed by atoms with Crippen LogP contribution in [-0.4, -0.2) is 37.3 Å². The SMILES string of the molecule is C[C@@H]1C[C@@H](CO)O[C@@H]1n1cnc2c(N)ncnc21. The number of aromatic nitrogens is 4. The first-order chi connectivity index (χ1) is 8.70. The van der Waals surface area contributed by atoms with Gasteiger partial charge in [-0.1, -0.05) is 6.92 Å². The molecule has 1 saturated heterocycles. The summed E-state index contributed by atoms with van der Waals surface area (Å²) in [4.78, 5) is 12.3. The molecule has 0 aliphatic carbocycles. The number of aliphatic hydroxyl groups excluding tert-OH is 1. The van der Waals surface area contributed by atoms with E-state index in [-0.39, 0.29) is 24.9 Å². The number of hydrogen-bond donors (Lipinski definition) is 2. The Balaban J connectivity index is 2.02. The van der Waals surface area contributed by atoms with Crippen molar-refractivity contribution in [1.82, 2.24) is 19.5 Å². The van der Waals surface area contributed by atoms with E-state index >= 15 is 0 Å². The lowest BCUT2D eigenvalue weighted by Crippen LogP contribution is -2.15. The van der Waals surface area contributed by atoms with Gasteiger partial charge in [0.2, 0.25) is 0 Å². The molecule has 1 aliphatic rings. The molecule has 3 rings (SSSR count). The number of hydrogen-bond acceptors (Lipinski definition) is 6. The van der Waals surface area contributed by atoms with Crippen LogP contribution in [0.4, 0.5) is 5.82 Å². The van der Waals surface area contributed by atoms with E-state index in [0.717, 1.165) is 6.42 Å². The molecule has 0 spiro atoms. The summed E-state index contributed by atoms with van der Waals surface area (Å²) in [5, 5.41) is 9.16. The minimum absolute atomic E-state index is 0.0323. The van der Waals surface area contributed by atoms with Crippen LogP contribution < -0.4 is 5.73 Å². The second-order valence-electron chi connectivity index (χ2n) is 4.63. The molecule has 0 unspecified atom stereocenters. The van der Waals surface area contributed by atoms with Crippen molar-refractivity contribution in [2.24, 2.45) is 5.92 Å². The van der Waals surface area contributed by atoms with Gasteiger partial charge in [-0.25, -0.2) is 15.0 Å². The first-order valence-electron chi connectivity index (χ1n) is 5.90. The molecule has 7 nitrogen and oxygen atoms in total. The minimum atomic E-state index is -0.165. The number of anilines is 1. The van der Waals surface area contributed by atoms with E-state index in [9.17, 15) is 0 Å². The maximum absolute atomic E-state index is 9.16. The van der Waals surface area contributed by atoms with Crippen LogP contribution in [0.25, 0.3) is 11.2 Å². The normalized spacial score (nSPS) is 28.0. The van der Waals surface area contributed by atoms with Crippen molar-refractivity contribution in [3.05, 3.63) is 12.7 Å². The molecule has 7 heteroatoms. The third kappa shape index (κ3) is 1.63. The van der Waals surface area contributed by atoms with Crippen molar-refractivity contribution in [3.8, 4) is 0 Å². The van der Waals surface area contributed by atoms with E-state index in [4.69, 9.17) is 15.6 Å². The van der Waals surface area contributed by atoms with Gasteiger partial charge in [0.15, 0.2) is 11.5 Å². The molecule has 18 heavy (non-hydrogen) atoms. The Hall–Kier alpha value is -1.73. The van der Waals surface area contributed by atoms with Gasteiger partial charge in [0, 0.05) is 5.92 Å². The number of nitrogens with two attached hydrogens (primary N) is 1. The highest BCUT2D eigenvalue weighted by molar-refractivity contribution is 5.81. The van der Waals surface area contributed by atoms with Crippen molar-refractivity contribution in [2.75, 3.05) is 12.3 Å². The van der Waals surface area contributed by atoms with E-state index in [1.54, 1.807) is 6.33 Å². The molecule has 1 aliphatic heterocycles. The van der Waals surface area contributed by atoms with Crippen molar-refractivity contribution in [2.45, 2.75) is 25.7 Å². The highest BCUT2D eigenvalue weighted by atomic mass is 16.5. The van der Waals surface area contributed by atoms with Crippen LogP contribution in [0.1, 0.15) is 19.6 Å². The Morgan fingerprint density at radius 3 is 3.06 bits per heavy atom. The van der Waals surface area contributed by atoms with E-state index in [0.29, 0.717) is 17.0 Å². The Morgan fingerprint density at radius 2 is 2.33 bits per heavy atom. The third-order valence-corrected chi connectivity index (χ3v) is 3.32. The van der Waals surface area contributed by atoms with Crippen LogP contribution in [0.5, 0.6) is 0 Å². The van der Waals surface area contributed by atoms with Gasteiger partial charge in [-0.15, -0.1) is 0 Å². The van der Waals surface area contributed by atoms with Gasteiger partial charge < -0.3 is 15.6 Å². The smallest absolute Gasteiger partial charge is 0.167 e. The van der Waals surface area contributed by atoms with E-state index < -0.39 is 0 Å². The molecular formula is C11H15N5O2. The second-order valence-corrected chi connectivity index (χ2v) is 4.63. The topological polar surface area (TPSA) is 99.1 Å². The fourth-order valence-electron chi connectivity index (χ4n) is 2.43. The summed E-state index contributed by atoms with van der Waals surface area (Å²) in [6.45, 7) is 2.11. The number of nitrogen functional groups attached to an aromatic ring is 1. The number of aliphatic hydroxyl groups is 1. The summed E-state index contributed by atoms with van der Waals surface area (Å²) in [6, 6.07) is 0. The first kappa shape index (κ1) is 11.4. The quantitative estimate of drug-likeness (QED) is 0.795. The molecule has 0 amide bonds. The highest BCUT2D eigenvalue weighted by Gasteiger charge is 2.34. The second kappa shape index (κ2) is 4.18. The summed E-state index contributed by atoms with van der Waals surface area (Å²) in [5.74, 6) is 0.652. The largest absolute Gasteiger partial charge is 0.394 e. The lowest BCUT2D eigenvalue weighted by Gasteiger charge is -2.17. The van der Waals surface area contributed by atoms with Crippen molar-refractivity contribution in [3.63, 3.8) is 0 Å². The molecule has 0 bridgehead atoms. The molecule has 96 valence electrons. The molecule has 2 aromatic rings. The monoisotopic (exact) mass is 249 g/mol. The fraction of sp³-hybridized carbons (Fsp3) is 0.545. The van der Waals surface area contributed by atoms with Crippen LogP contribution in [0.15, 0.2) is 12.7 Å². The molecule has 3 N–H and O–H groups in total. The third-order valence-electron chi connectivity index (χ3n) is 3.32. The Bertz CT molecular complexity index is 570. The number of fused-ring (bicyclic) bond motifs is 1. The first-order valence-corrected chi connectivity index (χ1v) is 5.90. The van der Waals surface area contributed by atoms with E-state index in [1.807, 2.05) is 4.57 Å². The van der Waals surface area contributed by atoms with Crippen molar-refractivity contribution < 1.29 is 9.84 Å².